The number of nitrogens with zero attached hydrogens (tertiary/aromatic N) is 4. The molecule has 1 aliphatic heterocycles. The standard InChI is InChI=1S/C15H16F3N5O/c16-15(17,18)10-22-6-4-12(9-22)20-14(24)11-2-1-3-13(8-11)23-7-5-19-21-23/h1-3,5,7-8,12H,4,6,9-10H2,(H,20,24)/t12-/m0/s1. The van der Waals surface area contributed by atoms with E-state index in [2.05, 4.69) is 15.6 Å². The van der Waals surface area contributed by atoms with Gasteiger partial charge in [-0.2, -0.15) is 13.2 Å². The fourth-order valence-corrected chi connectivity index (χ4v) is 2.75. The third-order valence-corrected chi connectivity index (χ3v) is 3.81. The summed E-state index contributed by atoms with van der Waals surface area (Å²) in [5.41, 5.74) is 1.11. The number of likely N-dealkylation sites (tertiary alicyclic amines) is 1. The van der Waals surface area contributed by atoms with Gasteiger partial charge in [0.25, 0.3) is 5.91 Å². The molecule has 2 aromatic rings. The lowest BCUT2D eigenvalue weighted by Crippen LogP contribution is -2.39. The zero-order chi connectivity index (χ0) is 17.2. The maximum atomic E-state index is 12.4. The molecule has 6 nitrogen and oxygen atoms in total. The molecule has 1 N–H and O–H groups in total. The van der Waals surface area contributed by atoms with Gasteiger partial charge in [-0.3, -0.25) is 9.69 Å². The van der Waals surface area contributed by atoms with Crippen molar-refractivity contribution in [3.8, 4) is 5.69 Å². The van der Waals surface area contributed by atoms with Gasteiger partial charge in [0, 0.05) is 24.7 Å². The van der Waals surface area contributed by atoms with E-state index in [4.69, 9.17) is 0 Å². The Hall–Kier alpha value is -2.42. The quantitative estimate of drug-likeness (QED) is 0.920. The Labute approximate surface area is 136 Å². The minimum absolute atomic E-state index is 0.202. The van der Waals surface area contributed by atoms with E-state index in [9.17, 15) is 18.0 Å². The molecule has 9 heteroatoms. The van der Waals surface area contributed by atoms with Crippen LogP contribution in [0, 0.1) is 0 Å². The number of aromatic nitrogens is 3. The molecule has 1 aromatic heterocycles. The zero-order valence-corrected chi connectivity index (χ0v) is 12.7. The number of nitrogens with one attached hydrogen (secondary N) is 1. The number of amides is 1. The number of rotatable bonds is 4. The molecule has 3 rings (SSSR count). The van der Waals surface area contributed by atoms with Crippen molar-refractivity contribution in [2.24, 2.45) is 0 Å². The summed E-state index contributed by atoms with van der Waals surface area (Å²) >= 11 is 0. The first-order chi connectivity index (χ1) is 11.4. The molecule has 1 aliphatic rings. The molecule has 0 radical (unpaired) electrons. The monoisotopic (exact) mass is 339 g/mol. The van der Waals surface area contributed by atoms with Crippen molar-refractivity contribution in [2.45, 2.75) is 18.6 Å². The van der Waals surface area contributed by atoms with Gasteiger partial charge in [0.05, 0.1) is 24.6 Å². The van der Waals surface area contributed by atoms with Crippen molar-refractivity contribution in [3.63, 3.8) is 0 Å². The molecule has 2 heterocycles. The molecule has 1 fully saturated rings. The van der Waals surface area contributed by atoms with E-state index < -0.39 is 12.7 Å². The smallest absolute Gasteiger partial charge is 0.348 e. The molecule has 0 unspecified atom stereocenters. The predicted octanol–water partition coefficient (Wildman–Crippen LogP) is 1.63. The second kappa shape index (κ2) is 6.60. The summed E-state index contributed by atoms with van der Waals surface area (Å²) in [5.74, 6) is -0.309. The van der Waals surface area contributed by atoms with Gasteiger partial charge in [-0.05, 0) is 24.6 Å². The Morgan fingerprint density at radius 3 is 2.92 bits per heavy atom. The van der Waals surface area contributed by atoms with Gasteiger partial charge < -0.3 is 5.32 Å². The van der Waals surface area contributed by atoms with Crippen LogP contribution in [0.1, 0.15) is 16.8 Å². The second-order valence-corrected chi connectivity index (χ2v) is 5.71. The van der Waals surface area contributed by atoms with E-state index in [0.29, 0.717) is 24.2 Å². The summed E-state index contributed by atoms with van der Waals surface area (Å²) in [4.78, 5) is 13.6. The molecule has 24 heavy (non-hydrogen) atoms. The van der Waals surface area contributed by atoms with E-state index in [1.165, 1.54) is 15.8 Å². The lowest BCUT2D eigenvalue weighted by atomic mass is 10.1. The fraction of sp³-hybridized carbons (Fsp3) is 0.400. The zero-order valence-electron chi connectivity index (χ0n) is 12.7. The summed E-state index contributed by atoms with van der Waals surface area (Å²) in [6.45, 7) is -0.418. The molecule has 128 valence electrons. The first kappa shape index (κ1) is 16.4. The first-order valence-electron chi connectivity index (χ1n) is 7.47. The molecule has 1 amide bonds. The number of halogens is 3. The minimum atomic E-state index is -4.22. The van der Waals surface area contributed by atoms with E-state index >= 15 is 0 Å². The molecule has 1 saturated heterocycles. The Bertz CT molecular complexity index is 701. The number of carbonyl (C=O) groups is 1. The highest BCUT2D eigenvalue weighted by atomic mass is 19.4. The highest BCUT2D eigenvalue weighted by Crippen LogP contribution is 2.20. The Kier molecular flexibility index (Phi) is 4.52. The summed E-state index contributed by atoms with van der Waals surface area (Å²) in [5, 5.41) is 10.4. The van der Waals surface area contributed by atoms with E-state index in [1.807, 2.05) is 0 Å². The molecule has 0 spiro atoms. The van der Waals surface area contributed by atoms with Crippen LogP contribution < -0.4 is 5.32 Å². The van der Waals surface area contributed by atoms with E-state index in [1.54, 1.807) is 30.5 Å². The Balaban J connectivity index is 1.61. The van der Waals surface area contributed by atoms with Gasteiger partial charge in [-0.25, -0.2) is 4.68 Å². The molecular formula is C15H16F3N5O. The van der Waals surface area contributed by atoms with Gasteiger partial charge in [0.15, 0.2) is 0 Å². The van der Waals surface area contributed by atoms with Crippen LogP contribution in [-0.4, -0.2) is 57.7 Å². The normalized spacial score (nSPS) is 18.7. The highest BCUT2D eigenvalue weighted by molar-refractivity contribution is 5.94. The minimum Gasteiger partial charge on any atom is -0.348 e. The molecule has 0 saturated carbocycles. The molecule has 0 bridgehead atoms. The summed E-state index contributed by atoms with van der Waals surface area (Å²) in [6.07, 6.45) is -0.529. The fourth-order valence-electron chi connectivity index (χ4n) is 2.75. The van der Waals surface area contributed by atoms with Crippen molar-refractivity contribution >= 4 is 5.91 Å². The average Bonchev–Trinajstić information content (AvgIpc) is 3.18. The van der Waals surface area contributed by atoms with Crippen LogP contribution in [0.4, 0.5) is 13.2 Å². The van der Waals surface area contributed by atoms with Crippen molar-refractivity contribution < 1.29 is 18.0 Å². The molecule has 1 atom stereocenters. The maximum Gasteiger partial charge on any atom is 0.401 e. The number of carbonyl (C=O) groups excluding carboxylic acids is 1. The number of alkyl halides is 3. The van der Waals surface area contributed by atoms with E-state index in [0.717, 1.165) is 0 Å². The van der Waals surface area contributed by atoms with Crippen molar-refractivity contribution in [1.82, 2.24) is 25.2 Å². The van der Waals surface area contributed by atoms with Crippen LogP contribution in [0.25, 0.3) is 5.69 Å². The lowest BCUT2D eigenvalue weighted by Gasteiger charge is -2.18. The topological polar surface area (TPSA) is 63.1 Å². The lowest BCUT2D eigenvalue weighted by molar-refractivity contribution is -0.143. The van der Waals surface area contributed by atoms with Gasteiger partial charge in [-0.1, -0.05) is 11.3 Å². The summed E-state index contributed by atoms with van der Waals surface area (Å²) < 4.78 is 38.7. The van der Waals surface area contributed by atoms with Crippen LogP contribution in [0.2, 0.25) is 0 Å². The third kappa shape index (κ3) is 4.10. The summed E-state index contributed by atoms with van der Waals surface area (Å²) in [7, 11) is 0. The van der Waals surface area contributed by atoms with Gasteiger partial charge in [0.1, 0.15) is 0 Å². The summed E-state index contributed by atoms with van der Waals surface area (Å²) in [6, 6.07) is 6.53. The van der Waals surface area contributed by atoms with Crippen LogP contribution in [0.5, 0.6) is 0 Å². The number of hydrogen-bond acceptors (Lipinski definition) is 4. The van der Waals surface area contributed by atoms with Gasteiger partial charge in [-0.15, -0.1) is 5.10 Å². The third-order valence-electron chi connectivity index (χ3n) is 3.81. The van der Waals surface area contributed by atoms with Crippen molar-refractivity contribution in [1.29, 1.82) is 0 Å². The molecule has 1 aromatic carbocycles. The number of hydrogen-bond donors (Lipinski definition) is 1. The van der Waals surface area contributed by atoms with Crippen molar-refractivity contribution in [2.75, 3.05) is 19.6 Å². The van der Waals surface area contributed by atoms with Crippen LogP contribution >= 0.6 is 0 Å². The predicted molar refractivity (Wildman–Crippen MR) is 79.7 cm³/mol. The first-order valence-corrected chi connectivity index (χ1v) is 7.47. The molecular weight excluding hydrogens is 323 g/mol. The molecule has 0 aliphatic carbocycles. The number of benzene rings is 1. The Morgan fingerprint density at radius 2 is 2.21 bits per heavy atom. The maximum absolute atomic E-state index is 12.4. The van der Waals surface area contributed by atoms with Crippen LogP contribution in [0.15, 0.2) is 36.7 Å². The van der Waals surface area contributed by atoms with E-state index in [-0.39, 0.29) is 18.5 Å². The highest BCUT2D eigenvalue weighted by Gasteiger charge is 2.34. The largest absolute Gasteiger partial charge is 0.401 e. The second-order valence-electron chi connectivity index (χ2n) is 5.71. The Morgan fingerprint density at radius 1 is 1.38 bits per heavy atom. The SMILES string of the molecule is O=C(N[C@H]1CCN(CC(F)(F)F)C1)c1cccc(-n2ccnn2)c1. The van der Waals surface area contributed by atoms with Gasteiger partial charge in [0.2, 0.25) is 0 Å². The van der Waals surface area contributed by atoms with Crippen molar-refractivity contribution in [3.05, 3.63) is 42.2 Å². The van der Waals surface area contributed by atoms with Crippen LogP contribution in [0.3, 0.4) is 0 Å². The van der Waals surface area contributed by atoms with Crippen LogP contribution in [-0.2, 0) is 0 Å². The van der Waals surface area contributed by atoms with Gasteiger partial charge >= 0.3 is 6.18 Å². The average molecular weight is 339 g/mol.